The van der Waals surface area contributed by atoms with Gasteiger partial charge in [-0.15, -0.1) is 0 Å². The van der Waals surface area contributed by atoms with E-state index >= 15 is 0 Å². The Morgan fingerprint density at radius 3 is 2.73 bits per heavy atom. The second-order valence-corrected chi connectivity index (χ2v) is 7.37. The first kappa shape index (κ1) is 19.2. The molecule has 1 heterocycles. The lowest BCUT2D eigenvalue weighted by Crippen LogP contribution is -2.46. The van der Waals surface area contributed by atoms with Crippen LogP contribution in [0.1, 0.15) is 53.9 Å². The monoisotopic (exact) mass is 313 g/mol. The van der Waals surface area contributed by atoms with E-state index in [4.69, 9.17) is 4.74 Å². The predicted molar refractivity (Wildman–Crippen MR) is 91.2 cm³/mol. The Kier molecular flexibility index (Phi) is 8.18. The largest absolute Gasteiger partial charge is 0.444 e. The number of piperidine rings is 1. The number of nitrogens with zero attached hydrogens (tertiary/aromatic N) is 1. The molecule has 0 spiro atoms. The maximum Gasteiger partial charge on any atom is 0.407 e. The molecule has 0 aromatic carbocycles. The minimum Gasteiger partial charge on any atom is -0.444 e. The summed E-state index contributed by atoms with van der Waals surface area (Å²) in [6.45, 7) is 15.2. The fraction of sp³-hybridized carbons (Fsp3) is 0.941. The van der Waals surface area contributed by atoms with Gasteiger partial charge in [-0.2, -0.15) is 0 Å². The van der Waals surface area contributed by atoms with Crippen LogP contribution >= 0.6 is 0 Å². The Morgan fingerprint density at radius 2 is 2.09 bits per heavy atom. The third-order valence-corrected chi connectivity index (χ3v) is 4.05. The highest BCUT2D eigenvalue weighted by Crippen LogP contribution is 2.19. The van der Waals surface area contributed by atoms with Crippen molar-refractivity contribution in [2.75, 3.05) is 32.7 Å². The molecule has 0 aromatic rings. The van der Waals surface area contributed by atoms with E-state index in [9.17, 15) is 4.79 Å². The first-order chi connectivity index (χ1) is 10.3. The Morgan fingerprint density at radius 1 is 1.36 bits per heavy atom. The van der Waals surface area contributed by atoms with Crippen LogP contribution in [0.5, 0.6) is 0 Å². The van der Waals surface area contributed by atoms with Gasteiger partial charge in [0.2, 0.25) is 0 Å². The Balaban J connectivity index is 2.17. The number of hydrogen-bond donors (Lipinski definition) is 2. The number of alkyl carbamates (subject to hydrolysis) is 1. The zero-order valence-corrected chi connectivity index (χ0v) is 15.1. The first-order valence-corrected chi connectivity index (χ1v) is 8.74. The molecule has 1 amide bonds. The lowest BCUT2D eigenvalue weighted by atomic mass is 9.91. The highest BCUT2D eigenvalue weighted by Gasteiger charge is 2.23. The number of likely N-dealkylation sites (tertiary alicyclic amines) is 1. The molecule has 0 radical (unpaired) electrons. The average Bonchev–Trinajstić information content (AvgIpc) is 2.42. The van der Waals surface area contributed by atoms with Gasteiger partial charge in [-0.05, 0) is 66.0 Å². The minimum atomic E-state index is -0.435. The van der Waals surface area contributed by atoms with Gasteiger partial charge in [-0.1, -0.05) is 6.92 Å². The molecular formula is C17H35N3O2. The van der Waals surface area contributed by atoms with Crippen molar-refractivity contribution in [1.82, 2.24) is 15.5 Å². The third kappa shape index (κ3) is 7.99. The molecule has 0 aromatic heterocycles. The molecule has 130 valence electrons. The second kappa shape index (κ2) is 9.36. The SMILES string of the molecule is CCCN1CCCC(C(C)NCCNC(=O)OC(C)(C)C)C1. The molecule has 1 saturated heterocycles. The van der Waals surface area contributed by atoms with E-state index in [1.165, 1.54) is 38.9 Å². The molecule has 0 saturated carbocycles. The maximum atomic E-state index is 11.6. The summed E-state index contributed by atoms with van der Waals surface area (Å²) in [5, 5.41) is 6.33. The lowest BCUT2D eigenvalue weighted by Gasteiger charge is -2.36. The summed E-state index contributed by atoms with van der Waals surface area (Å²) in [7, 11) is 0. The molecule has 0 bridgehead atoms. The first-order valence-electron chi connectivity index (χ1n) is 8.74. The molecule has 1 rings (SSSR count). The van der Waals surface area contributed by atoms with E-state index in [-0.39, 0.29) is 6.09 Å². The number of rotatable bonds is 7. The summed E-state index contributed by atoms with van der Waals surface area (Å²) in [6.07, 6.45) is 3.49. The van der Waals surface area contributed by atoms with Crippen molar-refractivity contribution in [3.63, 3.8) is 0 Å². The van der Waals surface area contributed by atoms with Gasteiger partial charge in [-0.3, -0.25) is 0 Å². The van der Waals surface area contributed by atoms with Gasteiger partial charge in [0.15, 0.2) is 0 Å². The van der Waals surface area contributed by atoms with Crippen molar-refractivity contribution in [2.24, 2.45) is 5.92 Å². The number of ether oxygens (including phenoxy) is 1. The second-order valence-electron chi connectivity index (χ2n) is 7.37. The summed E-state index contributed by atoms with van der Waals surface area (Å²) in [5.41, 5.74) is -0.435. The number of carbonyl (C=O) groups excluding carboxylic acids is 1. The van der Waals surface area contributed by atoms with Crippen LogP contribution in [0.25, 0.3) is 0 Å². The predicted octanol–water partition coefficient (Wildman–Crippen LogP) is 2.61. The highest BCUT2D eigenvalue weighted by molar-refractivity contribution is 5.67. The van der Waals surface area contributed by atoms with Crippen molar-refractivity contribution < 1.29 is 9.53 Å². The zero-order valence-electron chi connectivity index (χ0n) is 15.1. The molecule has 2 N–H and O–H groups in total. The van der Waals surface area contributed by atoms with E-state index in [1.807, 2.05) is 20.8 Å². The molecule has 2 atom stereocenters. The lowest BCUT2D eigenvalue weighted by molar-refractivity contribution is 0.0527. The highest BCUT2D eigenvalue weighted by atomic mass is 16.6. The molecule has 22 heavy (non-hydrogen) atoms. The van der Waals surface area contributed by atoms with Gasteiger partial charge in [0, 0.05) is 25.7 Å². The van der Waals surface area contributed by atoms with Crippen molar-refractivity contribution in [2.45, 2.75) is 65.5 Å². The Bertz CT molecular complexity index is 326. The van der Waals surface area contributed by atoms with Gasteiger partial charge < -0.3 is 20.3 Å². The summed E-state index contributed by atoms with van der Waals surface area (Å²) in [4.78, 5) is 14.1. The summed E-state index contributed by atoms with van der Waals surface area (Å²) >= 11 is 0. The topological polar surface area (TPSA) is 53.6 Å². The minimum absolute atomic E-state index is 0.339. The fourth-order valence-electron chi connectivity index (χ4n) is 2.96. The quantitative estimate of drug-likeness (QED) is 0.710. The number of nitrogens with one attached hydrogen (secondary N) is 2. The van der Waals surface area contributed by atoms with Gasteiger partial charge in [-0.25, -0.2) is 4.79 Å². The number of hydrogen-bond acceptors (Lipinski definition) is 4. The van der Waals surface area contributed by atoms with Gasteiger partial charge in [0.1, 0.15) is 5.60 Å². The van der Waals surface area contributed by atoms with Crippen LogP contribution in [-0.2, 0) is 4.74 Å². The molecular weight excluding hydrogens is 278 g/mol. The number of carbonyl (C=O) groups is 1. The Labute approximate surface area is 136 Å². The molecule has 1 aliphatic heterocycles. The van der Waals surface area contributed by atoms with E-state index in [2.05, 4.69) is 29.4 Å². The van der Waals surface area contributed by atoms with Crippen LogP contribution in [0.3, 0.4) is 0 Å². The van der Waals surface area contributed by atoms with Crippen LogP contribution in [0.2, 0.25) is 0 Å². The van der Waals surface area contributed by atoms with E-state index < -0.39 is 5.60 Å². The normalized spacial score (nSPS) is 21.4. The van der Waals surface area contributed by atoms with E-state index in [0.717, 1.165) is 6.54 Å². The standard InChI is InChI=1S/C17H35N3O2/c1-6-11-20-12-7-8-15(13-20)14(2)18-9-10-19-16(21)22-17(3,4)5/h14-15,18H,6-13H2,1-5H3,(H,19,21). The molecule has 2 unspecified atom stereocenters. The van der Waals surface area contributed by atoms with E-state index in [0.29, 0.717) is 18.5 Å². The fourth-order valence-corrected chi connectivity index (χ4v) is 2.96. The summed E-state index contributed by atoms with van der Waals surface area (Å²) in [6, 6.07) is 0.486. The summed E-state index contributed by atoms with van der Waals surface area (Å²) < 4.78 is 5.22. The smallest absolute Gasteiger partial charge is 0.407 e. The maximum absolute atomic E-state index is 11.6. The Hall–Kier alpha value is -0.810. The van der Waals surface area contributed by atoms with Gasteiger partial charge in [0.25, 0.3) is 0 Å². The van der Waals surface area contributed by atoms with Crippen LogP contribution in [0.4, 0.5) is 4.79 Å². The average molecular weight is 313 g/mol. The van der Waals surface area contributed by atoms with Crippen molar-refractivity contribution in [3.8, 4) is 0 Å². The van der Waals surface area contributed by atoms with Gasteiger partial charge >= 0.3 is 6.09 Å². The zero-order chi connectivity index (χ0) is 16.6. The molecule has 0 aliphatic carbocycles. The van der Waals surface area contributed by atoms with Crippen LogP contribution < -0.4 is 10.6 Å². The van der Waals surface area contributed by atoms with Crippen molar-refractivity contribution in [3.05, 3.63) is 0 Å². The van der Waals surface area contributed by atoms with E-state index in [1.54, 1.807) is 0 Å². The van der Waals surface area contributed by atoms with Gasteiger partial charge in [0.05, 0.1) is 0 Å². The number of amides is 1. The van der Waals surface area contributed by atoms with Crippen LogP contribution in [-0.4, -0.2) is 55.4 Å². The third-order valence-electron chi connectivity index (χ3n) is 4.05. The molecule has 1 fully saturated rings. The molecule has 5 nitrogen and oxygen atoms in total. The summed E-state index contributed by atoms with van der Waals surface area (Å²) in [5.74, 6) is 0.710. The molecule has 1 aliphatic rings. The van der Waals surface area contributed by atoms with Crippen molar-refractivity contribution in [1.29, 1.82) is 0 Å². The molecule has 5 heteroatoms. The van der Waals surface area contributed by atoms with Crippen LogP contribution in [0, 0.1) is 5.92 Å². The van der Waals surface area contributed by atoms with Crippen LogP contribution in [0.15, 0.2) is 0 Å². The van der Waals surface area contributed by atoms with Crippen molar-refractivity contribution >= 4 is 6.09 Å².